The highest BCUT2D eigenvalue weighted by atomic mass is 16.5. The number of nitrogens with one attached hydrogen (secondary N) is 1. The number of anilines is 1. The molecule has 1 amide bonds. The van der Waals surface area contributed by atoms with Crippen LogP contribution in [0.1, 0.15) is 46.1 Å². The topological polar surface area (TPSA) is 76.3 Å². The Balaban J connectivity index is 1.98. The van der Waals surface area contributed by atoms with Crippen LogP contribution in [0, 0.1) is 11.3 Å². The molecule has 0 aromatic carbocycles. The highest BCUT2D eigenvalue weighted by Crippen LogP contribution is 2.24. The molecule has 1 aromatic rings. The zero-order chi connectivity index (χ0) is 17.0. The van der Waals surface area contributed by atoms with Crippen molar-refractivity contribution in [2.75, 3.05) is 18.5 Å². The molecule has 0 bridgehead atoms. The van der Waals surface area contributed by atoms with E-state index in [1.165, 1.54) is 0 Å². The number of nitriles is 1. The van der Waals surface area contributed by atoms with Crippen LogP contribution < -0.4 is 5.32 Å². The first kappa shape index (κ1) is 17.5. The average Bonchev–Trinajstić information content (AvgIpc) is 3.13. The Kier molecular flexibility index (Phi) is 5.45. The van der Waals surface area contributed by atoms with Crippen molar-refractivity contribution in [3.63, 3.8) is 0 Å². The van der Waals surface area contributed by atoms with Crippen LogP contribution in [-0.4, -0.2) is 35.9 Å². The van der Waals surface area contributed by atoms with E-state index in [2.05, 4.69) is 11.4 Å². The molecule has 1 aromatic heterocycles. The smallest absolute Gasteiger partial charge is 0.254 e. The van der Waals surface area contributed by atoms with Gasteiger partial charge in [0.05, 0.1) is 18.3 Å². The van der Waals surface area contributed by atoms with Crippen molar-refractivity contribution in [3.8, 4) is 6.07 Å². The predicted molar refractivity (Wildman–Crippen MR) is 87.2 cm³/mol. The fraction of sp³-hybridized carbons (Fsp3) is 0.647. The molecular weight excluding hydrogens is 294 g/mol. The van der Waals surface area contributed by atoms with Crippen LogP contribution in [0.4, 0.5) is 5.82 Å². The Morgan fingerprint density at radius 3 is 2.91 bits per heavy atom. The first-order valence-electron chi connectivity index (χ1n) is 7.98. The van der Waals surface area contributed by atoms with Crippen molar-refractivity contribution in [1.29, 1.82) is 5.26 Å². The van der Waals surface area contributed by atoms with Gasteiger partial charge in [-0.15, -0.1) is 0 Å². The minimum atomic E-state index is -0.576. The molecule has 2 rings (SSSR count). The van der Waals surface area contributed by atoms with Crippen LogP contribution in [0.5, 0.6) is 0 Å². The average molecular weight is 319 g/mol. The van der Waals surface area contributed by atoms with Gasteiger partial charge in [0.2, 0.25) is 0 Å². The minimum Gasteiger partial charge on any atom is -0.376 e. The van der Waals surface area contributed by atoms with E-state index in [-0.39, 0.29) is 17.6 Å². The van der Waals surface area contributed by atoms with Crippen LogP contribution in [-0.2, 0) is 19.8 Å². The zero-order valence-corrected chi connectivity index (χ0v) is 14.3. The van der Waals surface area contributed by atoms with E-state index in [9.17, 15) is 4.79 Å². The van der Waals surface area contributed by atoms with Crippen molar-refractivity contribution in [2.24, 2.45) is 0 Å². The number of nitrogens with zero attached hydrogens (tertiary/aromatic N) is 2. The lowest BCUT2D eigenvalue weighted by molar-refractivity contribution is -0.128. The number of amides is 1. The lowest BCUT2D eigenvalue weighted by atomic mass is 10.1. The van der Waals surface area contributed by atoms with Crippen LogP contribution >= 0.6 is 0 Å². The van der Waals surface area contributed by atoms with Gasteiger partial charge in [0, 0.05) is 18.3 Å². The molecule has 126 valence electrons. The summed E-state index contributed by atoms with van der Waals surface area (Å²) in [7, 11) is 0. The monoisotopic (exact) mass is 319 g/mol. The fourth-order valence-electron chi connectivity index (χ4n) is 2.51. The predicted octanol–water partition coefficient (Wildman–Crippen LogP) is 2.64. The number of hydrogen-bond acceptors (Lipinski definition) is 4. The van der Waals surface area contributed by atoms with Gasteiger partial charge in [-0.3, -0.25) is 4.79 Å². The van der Waals surface area contributed by atoms with Gasteiger partial charge in [-0.1, -0.05) is 0 Å². The van der Waals surface area contributed by atoms with Crippen molar-refractivity contribution in [3.05, 3.63) is 17.8 Å². The summed E-state index contributed by atoms with van der Waals surface area (Å²) in [6.07, 6.45) is 3.28. The van der Waals surface area contributed by atoms with Gasteiger partial charge >= 0.3 is 0 Å². The molecule has 1 aliphatic heterocycles. The maximum absolute atomic E-state index is 12.3. The molecule has 6 heteroatoms. The summed E-state index contributed by atoms with van der Waals surface area (Å²) in [6, 6.07) is 3.78. The molecule has 6 nitrogen and oxygen atoms in total. The van der Waals surface area contributed by atoms with Gasteiger partial charge in [-0.25, -0.2) is 0 Å². The third kappa shape index (κ3) is 4.57. The summed E-state index contributed by atoms with van der Waals surface area (Å²) in [5, 5.41) is 11.9. The van der Waals surface area contributed by atoms with Gasteiger partial charge in [0.1, 0.15) is 18.0 Å². The molecule has 0 radical (unpaired) electrons. The Labute approximate surface area is 137 Å². The third-order valence-electron chi connectivity index (χ3n) is 3.85. The molecule has 2 heterocycles. The zero-order valence-electron chi connectivity index (χ0n) is 14.3. The maximum Gasteiger partial charge on any atom is 0.254 e. The number of ether oxygens (including phenoxy) is 2. The van der Waals surface area contributed by atoms with Gasteiger partial charge in [-0.2, -0.15) is 5.26 Å². The molecule has 0 saturated carbocycles. The summed E-state index contributed by atoms with van der Waals surface area (Å²) >= 11 is 0. The molecule has 1 saturated heterocycles. The van der Waals surface area contributed by atoms with Gasteiger partial charge in [0.15, 0.2) is 0 Å². The van der Waals surface area contributed by atoms with Crippen LogP contribution in [0.3, 0.4) is 0 Å². The largest absolute Gasteiger partial charge is 0.376 e. The van der Waals surface area contributed by atoms with Crippen molar-refractivity contribution < 1.29 is 14.3 Å². The molecule has 0 spiro atoms. The van der Waals surface area contributed by atoms with Crippen LogP contribution in [0.15, 0.2) is 12.3 Å². The number of rotatable bonds is 5. The lowest BCUT2D eigenvalue weighted by Crippen LogP contribution is -2.32. The molecule has 0 aliphatic carbocycles. The highest BCUT2D eigenvalue weighted by molar-refractivity contribution is 5.93. The summed E-state index contributed by atoms with van der Waals surface area (Å²) in [4.78, 5) is 12.3. The Hall–Kier alpha value is -1.84. The van der Waals surface area contributed by atoms with Gasteiger partial charge < -0.3 is 19.4 Å². The van der Waals surface area contributed by atoms with Crippen molar-refractivity contribution >= 4 is 11.7 Å². The lowest BCUT2D eigenvalue weighted by Gasteiger charge is -2.25. The number of carbonyl (C=O) groups excluding carboxylic acids is 1. The van der Waals surface area contributed by atoms with E-state index < -0.39 is 6.10 Å². The van der Waals surface area contributed by atoms with E-state index in [1.807, 2.05) is 25.3 Å². The minimum absolute atomic E-state index is 0.0916. The molecule has 1 N–H and O–H groups in total. The number of carbonyl (C=O) groups is 1. The van der Waals surface area contributed by atoms with Crippen LogP contribution in [0.2, 0.25) is 0 Å². The summed E-state index contributed by atoms with van der Waals surface area (Å²) in [6.45, 7) is 8.96. The van der Waals surface area contributed by atoms with Gasteiger partial charge in [0.25, 0.3) is 5.91 Å². The number of aromatic nitrogens is 1. The Morgan fingerprint density at radius 1 is 1.61 bits per heavy atom. The standard InChI is InChI=1S/C17H25N3O3/c1-12(23-11-14-6-5-7-22-14)16(21)19-15-8-13(9-18)10-20(15)17(2,3)4/h8,10,12,14H,5-7,11H2,1-4H3,(H,19,21)/t12-,14-/m0/s1. The highest BCUT2D eigenvalue weighted by Gasteiger charge is 2.23. The number of hydrogen-bond donors (Lipinski definition) is 1. The first-order chi connectivity index (χ1) is 10.8. The molecular formula is C17H25N3O3. The normalized spacial score (nSPS) is 19.3. The SMILES string of the molecule is C[C@H](OC[C@@H]1CCCO1)C(=O)Nc1cc(C#N)cn1C(C)(C)C. The fourth-order valence-corrected chi connectivity index (χ4v) is 2.51. The molecule has 1 aliphatic rings. The molecule has 2 atom stereocenters. The third-order valence-corrected chi connectivity index (χ3v) is 3.85. The van der Waals surface area contributed by atoms with E-state index in [1.54, 1.807) is 19.2 Å². The molecule has 0 unspecified atom stereocenters. The second kappa shape index (κ2) is 7.16. The first-order valence-corrected chi connectivity index (χ1v) is 7.98. The van der Waals surface area contributed by atoms with Crippen LogP contribution in [0.25, 0.3) is 0 Å². The summed E-state index contributed by atoms with van der Waals surface area (Å²) in [5.74, 6) is 0.378. The Bertz CT molecular complexity index is 589. The van der Waals surface area contributed by atoms with E-state index >= 15 is 0 Å². The summed E-state index contributed by atoms with van der Waals surface area (Å²) in [5.41, 5.74) is 0.280. The molecule has 1 fully saturated rings. The summed E-state index contributed by atoms with van der Waals surface area (Å²) < 4.78 is 13.0. The van der Waals surface area contributed by atoms with Crippen molar-refractivity contribution in [1.82, 2.24) is 4.57 Å². The maximum atomic E-state index is 12.3. The van der Waals surface area contributed by atoms with E-state index in [4.69, 9.17) is 14.7 Å². The second-order valence-electron chi connectivity index (χ2n) is 6.87. The van der Waals surface area contributed by atoms with Crippen molar-refractivity contribution in [2.45, 2.75) is 58.3 Å². The van der Waals surface area contributed by atoms with Gasteiger partial charge in [-0.05, 0) is 46.6 Å². The second-order valence-corrected chi connectivity index (χ2v) is 6.87. The van der Waals surface area contributed by atoms with E-state index in [0.29, 0.717) is 18.0 Å². The molecule has 23 heavy (non-hydrogen) atoms. The Morgan fingerprint density at radius 2 is 2.35 bits per heavy atom. The van der Waals surface area contributed by atoms with E-state index in [0.717, 1.165) is 19.4 Å². The quantitative estimate of drug-likeness (QED) is 0.905.